The van der Waals surface area contributed by atoms with Gasteiger partial charge < -0.3 is 24.7 Å². The van der Waals surface area contributed by atoms with Crippen molar-refractivity contribution >= 4 is 12.0 Å². The summed E-state index contributed by atoms with van der Waals surface area (Å²) in [6.45, 7) is 4.50. The third-order valence-corrected chi connectivity index (χ3v) is 2.39. The van der Waals surface area contributed by atoms with Crippen LogP contribution in [-0.2, 0) is 9.53 Å². The Labute approximate surface area is 113 Å². The van der Waals surface area contributed by atoms with Gasteiger partial charge in [0.25, 0.3) is 0 Å². The highest BCUT2D eigenvalue weighted by Gasteiger charge is 2.23. The number of aliphatic hydroxyl groups excluding tert-OH is 1. The Morgan fingerprint density at radius 3 is 2.26 bits per heavy atom. The molecule has 0 unspecified atom stereocenters. The molecule has 0 saturated carbocycles. The van der Waals surface area contributed by atoms with Crippen LogP contribution >= 0.6 is 0 Å². The Balaban J connectivity index is 4.72. The van der Waals surface area contributed by atoms with E-state index in [2.05, 4.69) is 0 Å². The molecule has 0 aliphatic heterocycles. The number of rotatable bonds is 9. The van der Waals surface area contributed by atoms with Crippen LogP contribution in [0.25, 0.3) is 0 Å². The van der Waals surface area contributed by atoms with Crippen LogP contribution in [0.5, 0.6) is 0 Å². The highest BCUT2D eigenvalue weighted by molar-refractivity contribution is 5.80. The van der Waals surface area contributed by atoms with E-state index in [4.69, 9.17) is 14.9 Å². The largest absolute Gasteiger partial charge is 0.480 e. The molecule has 2 N–H and O–H groups in total. The second-order valence-corrected chi connectivity index (χ2v) is 4.65. The van der Waals surface area contributed by atoms with E-state index < -0.39 is 5.97 Å². The zero-order chi connectivity index (χ0) is 14.8. The molecule has 0 aromatic carbocycles. The van der Waals surface area contributed by atoms with E-state index in [1.54, 1.807) is 0 Å². The summed E-state index contributed by atoms with van der Waals surface area (Å²) in [5, 5.41) is 17.8. The van der Waals surface area contributed by atoms with Gasteiger partial charge in [-0.1, -0.05) is 13.8 Å². The monoisotopic (exact) mass is 276 g/mol. The zero-order valence-electron chi connectivity index (χ0n) is 11.8. The Morgan fingerprint density at radius 1 is 1.21 bits per heavy atom. The molecular weight excluding hydrogens is 252 g/mol. The summed E-state index contributed by atoms with van der Waals surface area (Å²) in [7, 11) is 1.52. The van der Waals surface area contributed by atoms with Crippen LogP contribution in [0.4, 0.5) is 4.79 Å². The van der Waals surface area contributed by atoms with Gasteiger partial charge in [-0.25, -0.2) is 4.79 Å². The van der Waals surface area contributed by atoms with Crippen molar-refractivity contribution in [2.24, 2.45) is 5.92 Å². The Morgan fingerprint density at radius 2 is 1.84 bits per heavy atom. The number of aliphatic carboxylic acids is 1. The maximum atomic E-state index is 12.2. The minimum absolute atomic E-state index is 0.163. The fourth-order valence-corrected chi connectivity index (χ4v) is 1.64. The van der Waals surface area contributed by atoms with Crippen molar-refractivity contribution in [3.8, 4) is 0 Å². The van der Waals surface area contributed by atoms with Gasteiger partial charge in [-0.15, -0.1) is 0 Å². The van der Waals surface area contributed by atoms with Crippen molar-refractivity contribution in [2.45, 2.75) is 13.8 Å². The fourth-order valence-electron chi connectivity index (χ4n) is 1.64. The fraction of sp³-hybridized carbons (Fsp3) is 0.833. The first kappa shape index (κ1) is 17.7. The molecule has 0 bridgehead atoms. The molecule has 0 radical (unpaired) electrons. The summed E-state index contributed by atoms with van der Waals surface area (Å²) < 4.78 is 4.90. The number of aliphatic hydroxyl groups is 1. The second kappa shape index (κ2) is 9.57. The van der Waals surface area contributed by atoms with Gasteiger partial charge in [-0.3, -0.25) is 4.79 Å². The lowest BCUT2D eigenvalue weighted by Gasteiger charge is -2.30. The molecule has 7 nitrogen and oxygen atoms in total. The van der Waals surface area contributed by atoms with Crippen LogP contribution in [0.2, 0.25) is 0 Å². The van der Waals surface area contributed by atoms with Crippen molar-refractivity contribution in [1.29, 1.82) is 0 Å². The topological polar surface area (TPSA) is 90.3 Å². The van der Waals surface area contributed by atoms with Gasteiger partial charge in [-0.05, 0) is 5.92 Å². The molecule has 112 valence electrons. The van der Waals surface area contributed by atoms with Crippen LogP contribution in [-0.4, -0.2) is 78.5 Å². The predicted molar refractivity (Wildman–Crippen MR) is 70.0 cm³/mol. The summed E-state index contributed by atoms with van der Waals surface area (Å²) in [5.41, 5.74) is 0. The SMILES string of the molecule is COCCN(CCO)C(=O)N(CC(=O)O)CC(C)C. The molecule has 7 heteroatoms. The smallest absolute Gasteiger partial charge is 0.323 e. The van der Waals surface area contributed by atoms with Crippen molar-refractivity contribution in [1.82, 2.24) is 9.80 Å². The van der Waals surface area contributed by atoms with Crippen molar-refractivity contribution in [2.75, 3.05) is 46.5 Å². The minimum Gasteiger partial charge on any atom is -0.480 e. The van der Waals surface area contributed by atoms with Crippen LogP contribution < -0.4 is 0 Å². The first-order chi connectivity index (χ1) is 8.92. The summed E-state index contributed by atoms with van der Waals surface area (Å²) in [5.74, 6) is -0.883. The number of carboxylic acid groups (broad SMARTS) is 1. The maximum Gasteiger partial charge on any atom is 0.323 e. The van der Waals surface area contributed by atoms with Crippen LogP contribution in [0, 0.1) is 5.92 Å². The van der Waals surface area contributed by atoms with Gasteiger partial charge in [0.15, 0.2) is 0 Å². The lowest BCUT2D eigenvalue weighted by atomic mass is 10.2. The number of nitrogens with zero attached hydrogens (tertiary/aromatic N) is 2. The molecule has 19 heavy (non-hydrogen) atoms. The van der Waals surface area contributed by atoms with Crippen LogP contribution in [0.1, 0.15) is 13.8 Å². The van der Waals surface area contributed by atoms with Gasteiger partial charge in [0.05, 0.1) is 13.2 Å². The average Bonchev–Trinajstić information content (AvgIpc) is 2.31. The van der Waals surface area contributed by atoms with E-state index >= 15 is 0 Å². The third kappa shape index (κ3) is 7.63. The Hall–Kier alpha value is -1.34. The van der Waals surface area contributed by atoms with Crippen LogP contribution in [0.15, 0.2) is 0 Å². The van der Waals surface area contributed by atoms with Crippen LogP contribution in [0.3, 0.4) is 0 Å². The number of methoxy groups -OCH3 is 1. The van der Waals surface area contributed by atoms with Gasteiger partial charge in [-0.2, -0.15) is 0 Å². The number of carboxylic acids is 1. The molecule has 0 saturated heterocycles. The molecule has 0 aliphatic rings. The Bertz CT molecular complexity index is 283. The maximum absolute atomic E-state index is 12.2. The number of carbonyl (C=O) groups is 2. The molecular formula is C12H24N2O5. The van der Waals surface area contributed by atoms with E-state index in [-0.39, 0.29) is 31.6 Å². The third-order valence-electron chi connectivity index (χ3n) is 2.39. The minimum atomic E-state index is -1.05. The molecule has 0 atom stereocenters. The number of amides is 2. The first-order valence-corrected chi connectivity index (χ1v) is 6.27. The normalized spacial score (nSPS) is 10.6. The molecule has 0 heterocycles. The highest BCUT2D eigenvalue weighted by Crippen LogP contribution is 2.04. The van der Waals surface area contributed by atoms with Gasteiger partial charge in [0, 0.05) is 26.7 Å². The zero-order valence-corrected chi connectivity index (χ0v) is 11.8. The van der Waals surface area contributed by atoms with Crippen molar-refractivity contribution in [3.63, 3.8) is 0 Å². The molecule has 0 aromatic rings. The van der Waals surface area contributed by atoms with Gasteiger partial charge in [0.2, 0.25) is 0 Å². The van der Waals surface area contributed by atoms with E-state index in [9.17, 15) is 9.59 Å². The molecule has 0 spiro atoms. The number of hydrogen-bond donors (Lipinski definition) is 2. The number of carbonyl (C=O) groups excluding carboxylic acids is 1. The summed E-state index contributed by atoms with van der Waals surface area (Å²) in [6, 6.07) is -0.387. The van der Waals surface area contributed by atoms with Crippen molar-refractivity contribution in [3.05, 3.63) is 0 Å². The quantitative estimate of drug-likeness (QED) is 0.623. The lowest BCUT2D eigenvalue weighted by Crippen LogP contribution is -2.48. The summed E-state index contributed by atoms with van der Waals surface area (Å²) in [6.07, 6.45) is 0. The average molecular weight is 276 g/mol. The van der Waals surface area contributed by atoms with Gasteiger partial charge >= 0.3 is 12.0 Å². The number of ether oxygens (including phenoxy) is 1. The number of hydrogen-bond acceptors (Lipinski definition) is 4. The molecule has 0 fully saturated rings. The van der Waals surface area contributed by atoms with E-state index in [0.29, 0.717) is 19.7 Å². The standard InChI is InChI=1S/C12H24N2O5/c1-10(2)8-14(9-11(16)17)12(18)13(4-6-15)5-7-19-3/h10,15H,4-9H2,1-3H3,(H,16,17). The Kier molecular flexibility index (Phi) is 8.90. The van der Waals surface area contributed by atoms with E-state index in [1.807, 2.05) is 13.8 Å². The molecule has 2 amide bonds. The highest BCUT2D eigenvalue weighted by atomic mass is 16.5. The number of urea groups is 1. The molecule has 0 rings (SSSR count). The van der Waals surface area contributed by atoms with Crippen molar-refractivity contribution < 1.29 is 24.5 Å². The molecule has 0 aliphatic carbocycles. The summed E-state index contributed by atoms with van der Waals surface area (Å²) in [4.78, 5) is 25.7. The summed E-state index contributed by atoms with van der Waals surface area (Å²) >= 11 is 0. The predicted octanol–water partition coefficient (Wildman–Crippen LogP) is 0.0897. The first-order valence-electron chi connectivity index (χ1n) is 6.27. The lowest BCUT2D eigenvalue weighted by molar-refractivity contribution is -0.137. The van der Waals surface area contributed by atoms with E-state index in [0.717, 1.165) is 0 Å². The van der Waals surface area contributed by atoms with Gasteiger partial charge in [0.1, 0.15) is 6.54 Å². The second-order valence-electron chi connectivity index (χ2n) is 4.65. The van der Waals surface area contributed by atoms with E-state index in [1.165, 1.54) is 16.9 Å². The molecule has 0 aromatic heterocycles.